The third-order valence-corrected chi connectivity index (χ3v) is 1.59. The predicted molar refractivity (Wildman–Crippen MR) is 43.0 cm³/mol. The summed E-state index contributed by atoms with van der Waals surface area (Å²) < 4.78 is 0. The van der Waals surface area contributed by atoms with E-state index in [-0.39, 0.29) is 17.8 Å². The monoisotopic (exact) mass is 156 g/mol. The molecule has 0 spiro atoms. The molecule has 0 amide bonds. The fourth-order valence-electron chi connectivity index (χ4n) is 0.327. The van der Waals surface area contributed by atoms with Gasteiger partial charge >= 0.3 is 0 Å². The van der Waals surface area contributed by atoms with Crippen LogP contribution in [0.15, 0.2) is 0 Å². The van der Waals surface area contributed by atoms with Crippen molar-refractivity contribution in [3.05, 3.63) is 0 Å². The van der Waals surface area contributed by atoms with Crippen LogP contribution in [0.2, 0.25) is 0 Å². The van der Waals surface area contributed by atoms with Gasteiger partial charge in [0.2, 0.25) is 0 Å². The van der Waals surface area contributed by atoms with Gasteiger partial charge in [0.1, 0.15) is 0 Å². The van der Waals surface area contributed by atoms with Gasteiger partial charge in [-0.25, -0.2) is 0 Å². The lowest BCUT2D eigenvalue weighted by molar-refractivity contribution is -0.0194. The summed E-state index contributed by atoms with van der Waals surface area (Å²) in [7, 11) is -0.140. The summed E-state index contributed by atoms with van der Waals surface area (Å²) in [6, 6.07) is 0. The van der Waals surface area contributed by atoms with Crippen LogP contribution in [0.1, 0.15) is 0 Å². The van der Waals surface area contributed by atoms with Crippen molar-refractivity contribution in [2.45, 2.75) is 6.29 Å². The maximum atomic E-state index is 8.29. The standard InChI is InChI=1S/C4H11O2P.H3P/c1-7(2)3-4(5)6;/h4-6H,3H2,1-2H3;1H3. The highest BCUT2D eigenvalue weighted by molar-refractivity contribution is 7.56. The number of hydrogen-bond donors (Lipinski definition) is 2. The SMILES string of the molecule is CP(C)CC(O)O.P. The Morgan fingerprint density at radius 2 is 1.75 bits per heavy atom. The van der Waals surface area contributed by atoms with E-state index in [9.17, 15) is 0 Å². The molecule has 0 heterocycles. The second-order valence-corrected chi connectivity index (χ2v) is 4.27. The van der Waals surface area contributed by atoms with E-state index in [1.165, 1.54) is 0 Å². The lowest BCUT2D eigenvalue weighted by Gasteiger charge is -2.04. The topological polar surface area (TPSA) is 40.5 Å². The molecule has 0 saturated carbocycles. The predicted octanol–water partition coefficient (Wildman–Crippen LogP) is 0.0967. The third kappa shape index (κ3) is 9.91. The molecule has 0 aromatic heterocycles. The van der Waals surface area contributed by atoms with E-state index >= 15 is 0 Å². The van der Waals surface area contributed by atoms with Gasteiger partial charge in [0.15, 0.2) is 6.29 Å². The molecule has 1 atom stereocenters. The summed E-state index contributed by atoms with van der Waals surface area (Å²) in [6.07, 6.45) is -0.559. The molecule has 0 aliphatic rings. The van der Waals surface area contributed by atoms with Crippen LogP contribution >= 0.6 is 17.8 Å². The van der Waals surface area contributed by atoms with Crippen molar-refractivity contribution in [1.82, 2.24) is 0 Å². The quantitative estimate of drug-likeness (QED) is 0.439. The molecular weight excluding hydrogens is 142 g/mol. The molecule has 0 saturated heterocycles. The van der Waals surface area contributed by atoms with E-state index in [0.29, 0.717) is 6.16 Å². The van der Waals surface area contributed by atoms with Gasteiger partial charge in [0, 0.05) is 6.16 Å². The van der Waals surface area contributed by atoms with Crippen LogP contribution in [0.25, 0.3) is 0 Å². The summed E-state index contributed by atoms with van der Waals surface area (Å²) in [6.45, 7) is 4.02. The third-order valence-electron chi connectivity index (χ3n) is 0.528. The highest BCUT2D eigenvalue weighted by Crippen LogP contribution is 2.23. The Morgan fingerprint density at radius 3 is 1.75 bits per heavy atom. The molecule has 2 nitrogen and oxygen atoms in total. The lowest BCUT2D eigenvalue weighted by atomic mass is 10.8. The molecule has 0 aromatic rings. The lowest BCUT2D eigenvalue weighted by Crippen LogP contribution is -2.07. The summed E-state index contributed by atoms with van der Waals surface area (Å²) in [5.74, 6) is 0. The van der Waals surface area contributed by atoms with Gasteiger partial charge in [-0.15, -0.1) is 7.92 Å². The summed E-state index contributed by atoms with van der Waals surface area (Å²) in [4.78, 5) is 0. The number of aliphatic hydroxyl groups excluding tert-OH is 1. The van der Waals surface area contributed by atoms with Crippen LogP contribution in [0.4, 0.5) is 0 Å². The Kier molecular flexibility index (Phi) is 8.54. The molecular formula is C4H14O2P2. The molecule has 0 aliphatic carbocycles. The molecule has 2 N–H and O–H groups in total. The molecule has 1 unspecified atom stereocenters. The van der Waals surface area contributed by atoms with E-state index in [2.05, 4.69) is 0 Å². The number of aliphatic hydroxyl groups is 2. The van der Waals surface area contributed by atoms with Crippen LogP contribution < -0.4 is 0 Å². The molecule has 52 valence electrons. The van der Waals surface area contributed by atoms with Gasteiger partial charge in [-0.3, -0.25) is 0 Å². The average molecular weight is 156 g/mol. The smallest absolute Gasteiger partial charge is 0.155 e. The van der Waals surface area contributed by atoms with Crippen molar-refractivity contribution >= 4 is 17.8 Å². The second kappa shape index (κ2) is 5.91. The minimum absolute atomic E-state index is 0. The minimum atomic E-state index is -1.10. The molecule has 8 heavy (non-hydrogen) atoms. The van der Waals surface area contributed by atoms with E-state index in [0.717, 1.165) is 0 Å². The first kappa shape index (κ1) is 11.6. The van der Waals surface area contributed by atoms with Crippen molar-refractivity contribution in [3.8, 4) is 0 Å². The molecule has 0 aromatic carbocycles. The Morgan fingerprint density at radius 1 is 1.38 bits per heavy atom. The van der Waals surface area contributed by atoms with E-state index < -0.39 is 6.29 Å². The van der Waals surface area contributed by atoms with Crippen LogP contribution in [0.3, 0.4) is 0 Å². The minimum Gasteiger partial charge on any atom is -0.368 e. The van der Waals surface area contributed by atoms with E-state index in [1.807, 2.05) is 13.3 Å². The van der Waals surface area contributed by atoms with E-state index in [1.54, 1.807) is 0 Å². The summed E-state index contributed by atoms with van der Waals surface area (Å²) >= 11 is 0. The first-order chi connectivity index (χ1) is 3.13. The summed E-state index contributed by atoms with van der Waals surface area (Å²) in [5.41, 5.74) is 0. The van der Waals surface area contributed by atoms with Gasteiger partial charge in [0.25, 0.3) is 0 Å². The maximum absolute atomic E-state index is 8.29. The van der Waals surface area contributed by atoms with Gasteiger partial charge in [0.05, 0.1) is 0 Å². The second-order valence-electron chi connectivity index (χ2n) is 1.74. The van der Waals surface area contributed by atoms with Crippen LogP contribution in [0, 0.1) is 0 Å². The fraction of sp³-hybridized carbons (Fsp3) is 1.00. The number of hydrogen-bond acceptors (Lipinski definition) is 2. The highest BCUT2D eigenvalue weighted by Gasteiger charge is 1.98. The van der Waals surface area contributed by atoms with Crippen molar-refractivity contribution in [2.75, 3.05) is 19.5 Å². The molecule has 0 bridgehead atoms. The Balaban J connectivity index is 0. The van der Waals surface area contributed by atoms with Crippen molar-refractivity contribution in [2.24, 2.45) is 0 Å². The van der Waals surface area contributed by atoms with Gasteiger partial charge in [-0.05, 0) is 13.3 Å². The fourth-order valence-corrected chi connectivity index (χ4v) is 0.980. The van der Waals surface area contributed by atoms with Crippen LogP contribution in [-0.2, 0) is 0 Å². The van der Waals surface area contributed by atoms with E-state index in [4.69, 9.17) is 10.2 Å². The Bertz CT molecular complexity index is 41.3. The number of rotatable bonds is 2. The Labute approximate surface area is 54.7 Å². The Hall–Kier alpha value is 0.780. The van der Waals surface area contributed by atoms with Gasteiger partial charge in [-0.2, -0.15) is 9.90 Å². The van der Waals surface area contributed by atoms with Crippen molar-refractivity contribution < 1.29 is 10.2 Å². The molecule has 0 radical (unpaired) electrons. The van der Waals surface area contributed by atoms with Crippen molar-refractivity contribution in [1.29, 1.82) is 0 Å². The van der Waals surface area contributed by atoms with Gasteiger partial charge in [-0.1, -0.05) is 0 Å². The largest absolute Gasteiger partial charge is 0.368 e. The summed E-state index contributed by atoms with van der Waals surface area (Å²) in [5, 5.41) is 16.6. The highest BCUT2D eigenvalue weighted by atomic mass is 31.1. The maximum Gasteiger partial charge on any atom is 0.155 e. The van der Waals surface area contributed by atoms with Crippen molar-refractivity contribution in [3.63, 3.8) is 0 Å². The molecule has 0 rings (SSSR count). The normalized spacial score (nSPS) is 9.75. The molecule has 0 fully saturated rings. The zero-order chi connectivity index (χ0) is 5.86. The zero-order valence-electron chi connectivity index (χ0n) is 5.33. The van der Waals surface area contributed by atoms with Gasteiger partial charge < -0.3 is 10.2 Å². The zero-order valence-corrected chi connectivity index (χ0v) is 7.64. The van der Waals surface area contributed by atoms with Crippen LogP contribution in [-0.4, -0.2) is 36.0 Å². The van der Waals surface area contributed by atoms with Crippen LogP contribution in [0.5, 0.6) is 0 Å². The first-order valence-corrected chi connectivity index (χ1v) is 4.56. The average Bonchev–Trinajstić information content (AvgIpc) is 1.27. The first-order valence-electron chi connectivity index (χ1n) is 2.14. The molecule has 0 aliphatic heterocycles. The molecule has 4 heteroatoms.